The topological polar surface area (TPSA) is 63.2 Å². The fourth-order valence-electron chi connectivity index (χ4n) is 5.12. The number of hydrogen-bond donors (Lipinski definition) is 0. The van der Waals surface area contributed by atoms with E-state index in [1.54, 1.807) is 12.1 Å². The first kappa shape index (κ1) is 35.1. The molecule has 8 heteroatoms. The molecule has 0 aromatic heterocycles. The van der Waals surface area contributed by atoms with Crippen molar-refractivity contribution < 1.29 is 28.2 Å². The number of thioether (sulfide) groups is 1. The molecule has 1 saturated heterocycles. The zero-order valence-corrected chi connectivity index (χ0v) is 29.7. The minimum Gasteiger partial charge on any atom is -0.452 e. The van der Waals surface area contributed by atoms with Gasteiger partial charge in [0.25, 0.3) is 0 Å². The lowest BCUT2D eigenvalue weighted by Gasteiger charge is -2.49. The molecule has 248 valence electrons. The average molecular weight is 671 g/mol. The van der Waals surface area contributed by atoms with Crippen molar-refractivity contribution in [2.24, 2.45) is 0 Å². The molecule has 0 N–H and O–H groups in total. The van der Waals surface area contributed by atoms with E-state index in [0.29, 0.717) is 18.8 Å². The van der Waals surface area contributed by atoms with Gasteiger partial charge >= 0.3 is 5.97 Å². The highest BCUT2D eigenvalue weighted by molar-refractivity contribution is 7.99. The van der Waals surface area contributed by atoms with Crippen molar-refractivity contribution in [2.45, 2.75) is 86.9 Å². The molecule has 6 nitrogen and oxygen atoms in total. The Kier molecular flexibility index (Phi) is 12.1. The van der Waals surface area contributed by atoms with Gasteiger partial charge in [-0.2, -0.15) is 0 Å². The smallest absolute Gasteiger partial charge is 0.338 e. The summed E-state index contributed by atoms with van der Waals surface area (Å²) >= 11 is 1.52. The highest BCUT2D eigenvalue weighted by atomic mass is 32.2. The second-order valence-corrected chi connectivity index (χ2v) is 19.2. The van der Waals surface area contributed by atoms with Crippen LogP contribution in [0.2, 0.25) is 18.1 Å². The predicted octanol–water partition coefficient (Wildman–Crippen LogP) is 8.92. The lowest BCUT2D eigenvalue weighted by atomic mass is 9.99. The number of carbonyl (C=O) groups is 1. The van der Waals surface area contributed by atoms with Crippen LogP contribution in [0.1, 0.15) is 42.3 Å². The van der Waals surface area contributed by atoms with Crippen LogP contribution >= 0.6 is 11.8 Å². The molecule has 1 aliphatic heterocycles. The van der Waals surface area contributed by atoms with Crippen LogP contribution in [0.3, 0.4) is 0 Å². The fourth-order valence-corrected chi connectivity index (χ4v) is 7.55. The van der Waals surface area contributed by atoms with E-state index in [9.17, 15) is 4.79 Å². The summed E-state index contributed by atoms with van der Waals surface area (Å²) in [4.78, 5) is 14.7. The van der Waals surface area contributed by atoms with Gasteiger partial charge in [-0.25, -0.2) is 4.79 Å². The Hall–Kier alpha value is -3.24. The van der Waals surface area contributed by atoms with Crippen molar-refractivity contribution >= 4 is 26.0 Å². The third-order valence-corrected chi connectivity index (χ3v) is 14.4. The van der Waals surface area contributed by atoms with E-state index < -0.39 is 44.1 Å². The summed E-state index contributed by atoms with van der Waals surface area (Å²) in [5.74, 6) is -0.428. The Bertz CT molecular complexity index is 1520. The molecule has 1 aliphatic rings. The molecule has 5 rings (SSSR count). The molecule has 0 spiro atoms. The van der Waals surface area contributed by atoms with Crippen LogP contribution in [0.5, 0.6) is 0 Å². The predicted molar refractivity (Wildman–Crippen MR) is 190 cm³/mol. The second kappa shape index (κ2) is 16.2. The maximum absolute atomic E-state index is 13.7. The van der Waals surface area contributed by atoms with Crippen molar-refractivity contribution in [3.8, 4) is 0 Å². The van der Waals surface area contributed by atoms with Gasteiger partial charge in [-0.3, -0.25) is 0 Å². The largest absolute Gasteiger partial charge is 0.452 e. The minimum absolute atomic E-state index is 0.106. The molecule has 1 heterocycles. The summed E-state index contributed by atoms with van der Waals surface area (Å²) in [5, 5.41) is -0.106. The molecule has 4 aromatic rings. The highest BCUT2D eigenvalue weighted by Gasteiger charge is 2.53. The van der Waals surface area contributed by atoms with Gasteiger partial charge in [0.05, 0.1) is 25.4 Å². The van der Waals surface area contributed by atoms with E-state index in [0.717, 1.165) is 16.0 Å². The van der Waals surface area contributed by atoms with Gasteiger partial charge in [0.15, 0.2) is 14.4 Å². The normalized spacial score (nSPS) is 21.7. The Balaban J connectivity index is 1.53. The van der Waals surface area contributed by atoms with E-state index in [2.05, 4.69) is 33.9 Å². The number of esters is 1. The van der Waals surface area contributed by atoms with E-state index in [1.165, 1.54) is 11.8 Å². The summed E-state index contributed by atoms with van der Waals surface area (Å²) in [6, 6.07) is 39.2. The molecule has 47 heavy (non-hydrogen) atoms. The lowest BCUT2D eigenvalue weighted by Crippen LogP contribution is -2.63. The van der Waals surface area contributed by atoms with Gasteiger partial charge < -0.3 is 23.4 Å². The Morgan fingerprint density at radius 1 is 0.723 bits per heavy atom. The van der Waals surface area contributed by atoms with Gasteiger partial charge in [0.1, 0.15) is 23.7 Å². The van der Waals surface area contributed by atoms with Gasteiger partial charge in [-0.05, 0) is 53.5 Å². The van der Waals surface area contributed by atoms with Crippen LogP contribution < -0.4 is 0 Å². The zero-order valence-electron chi connectivity index (χ0n) is 27.9. The van der Waals surface area contributed by atoms with Crippen molar-refractivity contribution in [2.75, 3.05) is 6.61 Å². The molecular formula is C39H46O6SSi. The van der Waals surface area contributed by atoms with E-state index >= 15 is 0 Å². The van der Waals surface area contributed by atoms with Crippen LogP contribution in [0.15, 0.2) is 126 Å². The minimum atomic E-state index is -2.43. The first-order chi connectivity index (χ1) is 22.6. The summed E-state index contributed by atoms with van der Waals surface area (Å²) in [7, 11) is -2.43. The average Bonchev–Trinajstić information content (AvgIpc) is 3.07. The molecule has 0 unspecified atom stereocenters. The third-order valence-electron chi connectivity index (χ3n) is 8.76. The van der Waals surface area contributed by atoms with Crippen LogP contribution in [0, 0.1) is 0 Å². The summed E-state index contributed by atoms with van der Waals surface area (Å²) in [5.41, 5.74) is 1.99. The first-order valence-electron chi connectivity index (χ1n) is 16.2. The number of hydrogen-bond acceptors (Lipinski definition) is 7. The number of rotatable bonds is 13. The van der Waals surface area contributed by atoms with Crippen molar-refractivity contribution in [1.82, 2.24) is 0 Å². The second-order valence-electron chi connectivity index (χ2n) is 13.3. The first-order valence-corrected chi connectivity index (χ1v) is 20.0. The van der Waals surface area contributed by atoms with Crippen molar-refractivity contribution in [3.05, 3.63) is 138 Å². The SMILES string of the molecule is CC(C)(C)[Si](C)(C)O[C@@H]1[C@@H](OC(=O)c2ccccc2)[C@H](Sc2ccccc2)O[C@H](COCc2ccccc2)[C@H]1OCc1ccccc1. The summed E-state index contributed by atoms with van der Waals surface area (Å²) < 4.78 is 33.6. The fraction of sp³-hybridized carbons (Fsp3) is 0.359. The molecular weight excluding hydrogens is 625 g/mol. The van der Waals surface area contributed by atoms with E-state index in [1.807, 2.05) is 109 Å². The van der Waals surface area contributed by atoms with Gasteiger partial charge in [-0.15, -0.1) is 0 Å². The van der Waals surface area contributed by atoms with Crippen LogP contribution in [0.4, 0.5) is 0 Å². The van der Waals surface area contributed by atoms with E-state index in [-0.39, 0.29) is 11.6 Å². The molecule has 0 radical (unpaired) electrons. The summed E-state index contributed by atoms with van der Waals surface area (Å²) in [6.45, 7) is 12.1. The van der Waals surface area contributed by atoms with Gasteiger partial charge in [0, 0.05) is 4.90 Å². The number of carbonyl (C=O) groups excluding carboxylic acids is 1. The molecule has 0 bridgehead atoms. The molecule has 0 amide bonds. The number of benzene rings is 4. The molecule has 0 saturated carbocycles. The standard InChI is InChI=1S/C39H46O6SSi/c1-39(2,3)47(4,5)45-35-34(42-27-30-20-12-7-13-21-30)33(28-41-26-29-18-10-6-11-19-29)43-38(46-32-24-16-9-17-25-32)36(35)44-37(40)31-22-14-8-15-23-31/h6-25,33-36,38H,26-28H2,1-5H3/t33-,34-,35+,36-,38+/m1/s1. The van der Waals surface area contributed by atoms with Crippen LogP contribution in [0.25, 0.3) is 0 Å². The quantitative estimate of drug-likeness (QED) is 0.104. The summed E-state index contributed by atoms with van der Waals surface area (Å²) in [6.07, 6.45) is -2.47. The Morgan fingerprint density at radius 2 is 1.26 bits per heavy atom. The van der Waals surface area contributed by atoms with Crippen LogP contribution in [-0.4, -0.2) is 50.7 Å². The van der Waals surface area contributed by atoms with Gasteiger partial charge in [0.2, 0.25) is 0 Å². The molecule has 5 atom stereocenters. The monoisotopic (exact) mass is 670 g/mol. The Morgan fingerprint density at radius 3 is 1.83 bits per heavy atom. The molecule has 1 fully saturated rings. The Labute approximate surface area is 284 Å². The van der Waals surface area contributed by atoms with Crippen molar-refractivity contribution in [1.29, 1.82) is 0 Å². The maximum Gasteiger partial charge on any atom is 0.338 e. The zero-order chi connectivity index (χ0) is 33.3. The molecule has 4 aromatic carbocycles. The number of ether oxygens (including phenoxy) is 4. The van der Waals surface area contributed by atoms with Crippen LogP contribution in [-0.2, 0) is 36.6 Å². The van der Waals surface area contributed by atoms with E-state index in [4.69, 9.17) is 23.4 Å². The lowest BCUT2D eigenvalue weighted by molar-refractivity contribution is -0.224. The highest BCUT2D eigenvalue weighted by Crippen LogP contribution is 2.43. The molecule has 0 aliphatic carbocycles. The van der Waals surface area contributed by atoms with Gasteiger partial charge in [-0.1, -0.05) is 130 Å². The maximum atomic E-state index is 13.7. The van der Waals surface area contributed by atoms with Crippen molar-refractivity contribution in [3.63, 3.8) is 0 Å². The third kappa shape index (κ3) is 9.66.